The lowest BCUT2D eigenvalue weighted by atomic mass is 10.1. The van der Waals surface area contributed by atoms with E-state index in [9.17, 15) is 9.59 Å². The van der Waals surface area contributed by atoms with E-state index in [-0.39, 0.29) is 10.6 Å². The van der Waals surface area contributed by atoms with Gasteiger partial charge in [0.05, 0.1) is 10.8 Å². The standard InChI is InChI=1S/C6H7ClO2S/c1-3(6(7)9)5(10)4(2)8/h3H,1-2H3. The van der Waals surface area contributed by atoms with Crippen LogP contribution in [-0.2, 0) is 9.59 Å². The SMILES string of the molecule is CC(=O)C(=S)C(C)C(=O)Cl. The number of hydrogen-bond acceptors (Lipinski definition) is 3. The van der Waals surface area contributed by atoms with E-state index in [1.807, 2.05) is 0 Å². The normalized spacial score (nSPS) is 12.3. The summed E-state index contributed by atoms with van der Waals surface area (Å²) in [5.74, 6) is -0.898. The van der Waals surface area contributed by atoms with E-state index < -0.39 is 11.2 Å². The molecule has 56 valence electrons. The smallest absolute Gasteiger partial charge is 0.229 e. The second-order valence-corrected chi connectivity index (χ2v) is 2.76. The van der Waals surface area contributed by atoms with Crippen molar-refractivity contribution in [2.45, 2.75) is 13.8 Å². The molecule has 0 fully saturated rings. The second-order valence-electron chi connectivity index (χ2n) is 1.95. The molecule has 0 amide bonds. The number of Topliss-reactive ketones (excluding diaryl/α,β-unsaturated/α-hetero) is 1. The minimum Gasteiger partial charge on any atom is -0.294 e. The Kier molecular flexibility index (Phi) is 3.68. The van der Waals surface area contributed by atoms with Gasteiger partial charge in [0.1, 0.15) is 0 Å². The van der Waals surface area contributed by atoms with Crippen LogP contribution in [-0.4, -0.2) is 15.9 Å². The molecule has 2 nitrogen and oxygen atoms in total. The molecule has 0 aromatic carbocycles. The predicted octanol–water partition coefficient (Wildman–Crippen LogP) is 1.35. The van der Waals surface area contributed by atoms with E-state index in [1.54, 1.807) is 0 Å². The molecule has 0 aromatic rings. The van der Waals surface area contributed by atoms with Crippen LogP contribution in [0.4, 0.5) is 0 Å². The topological polar surface area (TPSA) is 34.1 Å². The van der Waals surface area contributed by atoms with Gasteiger partial charge in [-0.3, -0.25) is 9.59 Å². The van der Waals surface area contributed by atoms with Gasteiger partial charge in [0, 0.05) is 0 Å². The van der Waals surface area contributed by atoms with E-state index in [0.29, 0.717) is 0 Å². The van der Waals surface area contributed by atoms with Crippen molar-refractivity contribution in [2.24, 2.45) is 5.92 Å². The van der Waals surface area contributed by atoms with Crippen LogP contribution >= 0.6 is 23.8 Å². The average Bonchev–Trinajstić information content (AvgIpc) is 1.84. The van der Waals surface area contributed by atoms with Crippen molar-refractivity contribution in [3.63, 3.8) is 0 Å². The zero-order valence-electron chi connectivity index (χ0n) is 5.68. The Labute approximate surface area is 69.5 Å². The van der Waals surface area contributed by atoms with Crippen molar-refractivity contribution < 1.29 is 9.59 Å². The first-order valence-electron chi connectivity index (χ1n) is 2.71. The van der Waals surface area contributed by atoms with Gasteiger partial charge in [-0.1, -0.05) is 12.2 Å². The fraction of sp³-hybridized carbons (Fsp3) is 0.500. The van der Waals surface area contributed by atoms with E-state index in [0.717, 1.165) is 0 Å². The van der Waals surface area contributed by atoms with Crippen LogP contribution in [0.3, 0.4) is 0 Å². The van der Waals surface area contributed by atoms with Crippen LogP contribution in [0.5, 0.6) is 0 Å². The number of ketones is 1. The molecule has 1 unspecified atom stereocenters. The summed E-state index contributed by atoms with van der Waals surface area (Å²) in [6.07, 6.45) is 0. The second kappa shape index (κ2) is 3.78. The predicted molar refractivity (Wildman–Crippen MR) is 43.3 cm³/mol. The van der Waals surface area contributed by atoms with Crippen LogP contribution in [0.1, 0.15) is 13.8 Å². The Bertz CT molecular complexity index is 188. The van der Waals surface area contributed by atoms with Crippen molar-refractivity contribution in [1.82, 2.24) is 0 Å². The number of hydrogen-bond donors (Lipinski definition) is 0. The summed E-state index contributed by atoms with van der Waals surface area (Å²) >= 11 is 9.71. The molecule has 0 aromatic heterocycles. The average molecular weight is 179 g/mol. The summed E-state index contributed by atoms with van der Waals surface area (Å²) in [7, 11) is 0. The molecular weight excluding hydrogens is 172 g/mol. The Hall–Kier alpha value is -0.280. The van der Waals surface area contributed by atoms with Gasteiger partial charge in [-0.05, 0) is 25.4 Å². The van der Waals surface area contributed by atoms with Crippen molar-refractivity contribution >= 4 is 39.7 Å². The molecule has 0 aliphatic rings. The van der Waals surface area contributed by atoms with Gasteiger partial charge in [0.25, 0.3) is 0 Å². The van der Waals surface area contributed by atoms with Gasteiger partial charge in [-0.2, -0.15) is 0 Å². The van der Waals surface area contributed by atoms with Crippen molar-refractivity contribution in [1.29, 1.82) is 0 Å². The van der Waals surface area contributed by atoms with Gasteiger partial charge in [0.2, 0.25) is 5.24 Å². The quantitative estimate of drug-likeness (QED) is 0.483. The Balaban J connectivity index is 4.22. The third-order valence-corrected chi connectivity index (χ3v) is 2.05. The lowest BCUT2D eigenvalue weighted by molar-refractivity contribution is -0.115. The summed E-state index contributed by atoms with van der Waals surface area (Å²) in [5.41, 5.74) is 0. The lowest BCUT2D eigenvalue weighted by Gasteiger charge is -2.02. The summed E-state index contributed by atoms with van der Waals surface area (Å²) in [4.78, 5) is 21.1. The molecule has 0 spiro atoms. The van der Waals surface area contributed by atoms with Crippen LogP contribution < -0.4 is 0 Å². The van der Waals surface area contributed by atoms with E-state index in [2.05, 4.69) is 12.2 Å². The van der Waals surface area contributed by atoms with Crippen LogP contribution in [0.25, 0.3) is 0 Å². The molecule has 0 saturated heterocycles. The molecule has 10 heavy (non-hydrogen) atoms. The van der Waals surface area contributed by atoms with Crippen LogP contribution in [0, 0.1) is 5.92 Å². The molecule has 0 N–H and O–H groups in total. The molecule has 4 heteroatoms. The minimum atomic E-state index is -0.630. The Morgan fingerprint density at radius 3 is 2.00 bits per heavy atom. The maximum Gasteiger partial charge on any atom is 0.229 e. The van der Waals surface area contributed by atoms with E-state index in [1.165, 1.54) is 13.8 Å². The molecule has 0 aliphatic carbocycles. The van der Waals surface area contributed by atoms with Crippen molar-refractivity contribution in [3.8, 4) is 0 Å². The highest BCUT2D eigenvalue weighted by Crippen LogP contribution is 2.04. The number of carbonyl (C=O) groups is 2. The molecule has 0 aliphatic heterocycles. The summed E-state index contributed by atoms with van der Waals surface area (Å²) in [6, 6.07) is 0. The highest BCUT2D eigenvalue weighted by Gasteiger charge is 2.18. The van der Waals surface area contributed by atoms with Gasteiger partial charge in [-0.25, -0.2) is 0 Å². The van der Waals surface area contributed by atoms with E-state index >= 15 is 0 Å². The van der Waals surface area contributed by atoms with E-state index in [4.69, 9.17) is 11.6 Å². The number of carbonyl (C=O) groups excluding carboxylic acids is 2. The molecule has 0 saturated carbocycles. The summed E-state index contributed by atoms with van der Waals surface area (Å²) < 4.78 is 0. The van der Waals surface area contributed by atoms with Gasteiger partial charge < -0.3 is 0 Å². The Morgan fingerprint density at radius 2 is 1.90 bits per heavy atom. The van der Waals surface area contributed by atoms with Gasteiger partial charge in [-0.15, -0.1) is 0 Å². The first kappa shape index (κ1) is 9.72. The van der Waals surface area contributed by atoms with Crippen LogP contribution in [0.15, 0.2) is 0 Å². The maximum atomic E-state index is 10.5. The molecule has 1 atom stereocenters. The lowest BCUT2D eigenvalue weighted by Crippen LogP contribution is -2.21. The highest BCUT2D eigenvalue weighted by atomic mass is 35.5. The minimum absolute atomic E-state index is 0.0972. The molecule has 0 heterocycles. The molecule has 0 rings (SSSR count). The van der Waals surface area contributed by atoms with Crippen LogP contribution in [0.2, 0.25) is 0 Å². The third kappa shape index (κ3) is 2.54. The van der Waals surface area contributed by atoms with Gasteiger partial charge in [0.15, 0.2) is 5.78 Å². The first-order valence-corrected chi connectivity index (χ1v) is 3.49. The number of thiocarbonyl (C=S) groups is 1. The Morgan fingerprint density at radius 1 is 1.50 bits per heavy atom. The summed E-state index contributed by atoms with van der Waals surface area (Å²) in [6.45, 7) is 2.83. The number of halogens is 1. The monoisotopic (exact) mass is 178 g/mol. The van der Waals surface area contributed by atoms with Crippen molar-refractivity contribution in [3.05, 3.63) is 0 Å². The fourth-order valence-electron chi connectivity index (χ4n) is 0.408. The molecular formula is C6H7ClO2S. The summed E-state index contributed by atoms with van der Waals surface area (Å²) in [5, 5.41) is -0.583. The molecule has 0 bridgehead atoms. The van der Waals surface area contributed by atoms with Crippen molar-refractivity contribution in [2.75, 3.05) is 0 Å². The largest absolute Gasteiger partial charge is 0.294 e. The fourth-order valence-corrected chi connectivity index (χ4v) is 0.689. The first-order chi connectivity index (χ1) is 4.46. The van der Waals surface area contributed by atoms with Gasteiger partial charge >= 0.3 is 0 Å². The molecule has 0 radical (unpaired) electrons. The highest BCUT2D eigenvalue weighted by molar-refractivity contribution is 7.82. The third-order valence-electron chi connectivity index (χ3n) is 1.08. The maximum absolute atomic E-state index is 10.5. The zero-order chi connectivity index (χ0) is 8.31. The number of rotatable bonds is 3. The zero-order valence-corrected chi connectivity index (χ0v) is 7.25.